The molecule has 1 saturated heterocycles. The minimum atomic E-state index is -3.49. The van der Waals surface area contributed by atoms with Crippen molar-refractivity contribution in [2.24, 2.45) is 0 Å². The molecule has 9 heteroatoms. The number of rotatable bonds is 7. The highest BCUT2D eigenvalue weighted by molar-refractivity contribution is 7.92. The zero-order chi connectivity index (χ0) is 21.6. The first-order valence-electron chi connectivity index (χ1n) is 9.46. The molecule has 0 unspecified atom stereocenters. The number of amides is 1. The molecular formula is C21H24ClN3O4S. The van der Waals surface area contributed by atoms with Gasteiger partial charge >= 0.3 is 0 Å². The lowest BCUT2D eigenvalue weighted by atomic mass is 10.2. The number of hydrogen-bond acceptors (Lipinski definition) is 5. The summed E-state index contributed by atoms with van der Waals surface area (Å²) < 4.78 is 31.6. The number of carbonyl (C=O) groups excluding carboxylic acids is 1. The van der Waals surface area contributed by atoms with Crippen LogP contribution in [-0.4, -0.2) is 63.4 Å². The van der Waals surface area contributed by atoms with E-state index >= 15 is 0 Å². The van der Waals surface area contributed by atoms with Gasteiger partial charge in [-0.2, -0.15) is 4.31 Å². The second-order valence-electron chi connectivity index (χ2n) is 6.83. The lowest BCUT2D eigenvalue weighted by Gasteiger charge is -2.32. The summed E-state index contributed by atoms with van der Waals surface area (Å²) in [7, 11) is -1.97. The highest BCUT2D eigenvalue weighted by Crippen LogP contribution is 2.27. The molecule has 0 atom stereocenters. The predicted molar refractivity (Wildman–Crippen MR) is 119 cm³/mol. The molecular weight excluding hydrogens is 426 g/mol. The third-order valence-corrected chi connectivity index (χ3v) is 6.59. The van der Waals surface area contributed by atoms with Crippen LogP contribution in [0.25, 0.3) is 6.08 Å². The summed E-state index contributed by atoms with van der Waals surface area (Å²) in [4.78, 5) is 14.2. The molecule has 0 aromatic heterocycles. The van der Waals surface area contributed by atoms with Crippen LogP contribution in [0.3, 0.4) is 0 Å². The third-order valence-electron chi connectivity index (χ3n) is 4.73. The Bertz CT molecular complexity index is 1000. The molecule has 3 rings (SSSR count). The van der Waals surface area contributed by atoms with Crippen LogP contribution < -0.4 is 10.1 Å². The number of nitrogens with one attached hydrogen (secondary N) is 1. The average molecular weight is 450 g/mol. The van der Waals surface area contributed by atoms with Crippen LogP contribution in [0.5, 0.6) is 5.75 Å². The minimum absolute atomic E-state index is 0.178. The molecule has 1 fully saturated rings. The van der Waals surface area contributed by atoms with E-state index in [1.165, 1.54) is 16.8 Å². The highest BCUT2D eigenvalue weighted by atomic mass is 35.5. The van der Waals surface area contributed by atoms with Crippen LogP contribution >= 0.6 is 11.6 Å². The molecule has 1 amide bonds. The van der Waals surface area contributed by atoms with Crippen molar-refractivity contribution < 1.29 is 17.9 Å². The van der Waals surface area contributed by atoms with E-state index in [-0.39, 0.29) is 12.5 Å². The van der Waals surface area contributed by atoms with E-state index in [0.717, 1.165) is 5.56 Å². The molecule has 160 valence electrons. The van der Waals surface area contributed by atoms with Crippen LogP contribution in [0, 0.1) is 0 Å². The number of carbonyl (C=O) groups is 1. The summed E-state index contributed by atoms with van der Waals surface area (Å²) in [5, 5.41) is 4.45. The molecule has 0 bridgehead atoms. The number of sulfonamides is 1. The molecule has 0 radical (unpaired) electrons. The first kappa shape index (κ1) is 22.3. The Morgan fingerprint density at radius 3 is 2.47 bits per heavy atom. The summed E-state index contributed by atoms with van der Waals surface area (Å²) in [5.41, 5.74) is 1.41. The fourth-order valence-corrected chi connectivity index (χ4v) is 4.54. The largest absolute Gasteiger partial charge is 0.495 e. The molecule has 2 aromatic rings. The Balaban J connectivity index is 1.49. The van der Waals surface area contributed by atoms with Gasteiger partial charge in [0.2, 0.25) is 15.9 Å². The Kier molecular flexibility index (Phi) is 7.49. The van der Waals surface area contributed by atoms with Crippen molar-refractivity contribution in [3.8, 4) is 5.75 Å². The van der Waals surface area contributed by atoms with E-state index in [1.807, 2.05) is 35.2 Å². The predicted octanol–water partition coefficient (Wildman–Crippen LogP) is 2.91. The summed E-state index contributed by atoms with van der Waals surface area (Å²) in [6.07, 6.45) is 1.59. The van der Waals surface area contributed by atoms with Crippen LogP contribution in [0.15, 0.2) is 53.9 Å². The van der Waals surface area contributed by atoms with E-state index < -0.39 is 10.0 Å². The van der Waals surface area contributed by atoms with Crippen molar-refractivity contribution in [2.75, 3.05) is 45.2 Å². The first-order valence-corrected chi connectivity index (χ1v) is 11.3. The molecule has 1 aliphatic heterocycles. The van der Waals surface area contributed by atoms with Crippen molar-refractivity contribution >= 4 is 39.3 Å². The SMILES string of the molecule is COc1ccc(NC(=O)CN2CCN(S(=O)(=O)/C=C/c3ccccc3)CC2)cc1Cl. The van der Waals surface area contributed by atoms with Gasteiger partial charge in [-0.25, -0.2) is 8.42 Å². The minimum Gasteiger partial charge on any atom is -0.495 e. The number of nitrogens with zero attached hydrogens (tertiary/aromatic N) is 2. The highest BCUT2D eigenvalue weighted by Gasteiger charge is 2.26. The molecule has 1 aliphatic rings. The molecule has 0 spiro atoms. The lowest BCUT2D eigenvalue weighted by molar-refractivity contribution is -0.117. The Morgan fingerprint density at radius 1 is 1.13 bits per heavy atom. The van der Waals surface area contributed by atoms with Gasteiger partial charge in [0, 0.05) is 37.3 Å². The van der Waals surface area contributed by atoms with Gasteiger partial charge in [-0.15, -0.1) is 0 Å². The molecule has 7 nitrogen and oxygen atoms in total. The second kappa shape index (κ2) is 10.1. The Morgan fingerprint density at radius 2 is 1.83 bits per heavy atom. The average Bonchev–Trinajstić information content (AvgIpc) is 2.73. The van der Waals surface area contributed by atoms with Crippen LogP contribution in [0.2, 0.25) is 5.02 Å². The maximum Gasteiger partial charge on any atom is 0.238 e. The van der Waals surface area contributed by atoms with Crippen LogP contribution in [0.4, 0.5) is 5.69 Å². The number of halogens is 1. The molecule has 2 aromatic carbocycles. The molecule has 0 saturated carbocycles. The molecule has 30 heavy (non-hydrogen) atoms. The number of benzene rings is 2. The van der Waals surface area contributed by atoms with Gasteiger partial charge in [0.15, 0.2) is 0 Å². The summed E-state index contributed by atoms with van der Waals surface area (Å²) in [6.45, 7) is 1.81. The van der Waals surface area contributed by atoms with Gasteiger partial charge in [0.25, 0.3) is 0 Å². The van der Waals surface area contributed by atoms with Crippen molar-refractivity contribution in [1.29, 1.82) is 0 Å². The standard InChI is InChI=1S/C21H24ClN3O4S/c1-29-20-8-7-18(15-19(20)22)23-21(26)16-24-10-12-25(13-11-24)30(27,28)14-9-17-5-3-2-4-6-17/h2-9,14-15H,10-13,16H2,1H3,(H,23,26)/b14-9+. The van der Waals surface area contributed by atoms with Gasteiger partial charge < -0.3 is 10.1 Å². The van der Waals surface area contributed by atoms with Gasteiger partial charge in [0.1, 0.15) is 5.75 Å². The van der Waals surface area contributed by atoms with Crippen molar-refractivity contribution in [1.82, 2.24) is 9.21 Å². The second-order valence-corrected chi connectivity index (χ2v) is 9.06. The van der Waals surface area contributed by atoms with E-state index in [9.17, 15) is 13.2 Å². The number of hydrogen-bond donors (Lipinski definition) is 1. The number of methoxy groups -OCH3 is 1. The molecule has 1 N–H and O–H groups in total. The zero-order valence-electron chi connectivity index (χ0n) is 16.6. The number of ether oxygens (including phenoxy) is 1. The Hall–Kier alpha value is -2.39. The van der Waals surface area contributed by atoms with Gasteiger partial charge in [-0.3, -0.25) is 9.69 Å². The zero-order valence-corrected chi connectivity index (χ0v) is 18.2. The van der Waals surface area contributed by atoms with E-state index in [0.29, 0.717) is 42.6 Å². The quantitative estimate of drug-likeness (QED) is 0.703. The van der Waals surface area contributed by atoms with E-state index in [1.54, 1.807) is 24.3 Å². The van der Waals surface area contributed by atoms with E-state index in [2.05, 4.69) is 5.32 Å². The van der Waals surface area contributed by atoms with Crippen LogP contribution in [-0.2, 0) is 14.8 Å². The monoisotopic (exact) mass is 449 g/mol. The third kappa shape index (κ3) is 6.06. The van der Waals surface area contributed by atoms with Gasteiger partial charge in [0.05, 0.1) is 18.7 Å². The summed E-state index contributed by atoms with van der Waals surface area (Å²) in [5.74, 6) is 0.352. The van der Waals surface area contributed by atoms with Gasteiger partial charge in [-0.05, 0) is 29.8 Å². The van der Waals surface area contributed by atoms with Crippen LogP contribution in [0.1, 0.15) is 5.56 Å². The normalized spacial score (nSPS) is 15.9. The number of piperazine rings is 1. The van der Waals surface area contributed by atoms with E-state index in [4.69, 9.17) is 16.3 Å². The smallest absolute Gasteiger partial charge is 0.238 e. The molecule has 0 aliphatic carbocycles. The van der Waals surface area contributed by atoms with Crippen molar-refractivity contribution in [3.05, 3.63) is 64.5 Å². The van der Waals surface area contributed by atoms with Gasteiger partial charge in [-0.1, -0.05) is 41.9 Å². The van der Waals surface area contributed by atoms with Crippen molar-refractivity contribution in [3.63, 3.8) is 0 Å². The fourth-order valence-electron chi connectivity index (χ4n) is 3.10. The summed E-state index contributed by atoms with van der Waals surface area (Å²) >= 11 is 6.07. The molecule has 1 heterocycles. The van der Waals surface area contributed by atoms with Crippen molar-refractivity contribution in [2.45, 2.75) is 0 Å². The first-order chi connectivity index (χ1) is 14.4. The number of anilines is 1. The maximum atomic E-state index is 12.5. The Labute approximate surface area is 181 Å². The maximum absolute atomic E-state index is 12.5. The topological polar surface area (TPSA) is 79.0 Å². The lowest BCUT2D eigenvalue weighted by Crippen LogP contribution is -2.49. The summed E-state index contributed by atoms with van der Waals surface area (Å²) in [6, 6.07) is 14.3. The fraction of sp³-hybridized carbons (Fsp3) is 0.286.